The molecule has 1 aromatic rings. The predicted molar refractivity (Wildman–Crippen MR) is 59.9 cm³/mol. The molecule has 1 amide bonds. The van der Waals surface area contributed by atoms with Crippen LogP contribution in [0.2, 0.25) is 0 Å². The minimum Gasteiger partial charge on any atom is -0.465 e. The second-order valence-corrected chi connectivity index (χ2v) is 4.05. The van der Waals surface area contributed by atoms with E-state index >= 15 is 0 Å². The number of nitro groups is 1. The van der Waals surface area contributed by atoms with Gasteiger partial charge in [0, 0.05) is 24.7 Å². The zero-order valence-corrected chi connectivity index (χ0v) is 9.07. The molecule has 1 N–H and O–H groups in total. The second kappa shape index (κ2) is 4.40. The molecule has 6 nitrogen and oxygen atoms in total. The van der Waals surface area contributed by atoms with Crippen LogP contribution in [0.4, 0.5) is 10.5 Å². The maximum atomic E-state index is 10.8. The van der Waals surface area contributed by atoms with Gasteiger partial charge < -0.3 is 10.0 Å². The standard InChI is InChI=1S/C11H12N2O4/c14-11(15)12-6-5-10(12)7-8-1-3-9(4-2-8)13(16)17/h1-4,10H,5-7H2,(H,14,15)/t10-/m1/s1. The summed E-state index contributed by atoms with van der Waals surface area (Å²) in [5.41, 5.74) is 0.976. The zero-order valence-electron chi connectivity index (χ0n) is 9.07. The maximum absolute atomic E-state index is 10.8. The number of hydrogen-bond acceptors (Lipinski definition) is 3. The molecule has 90 valence electrons. The molecule has 6 heteroatoms. The van der Waals surface area contributed by atoms with E-state index in [1.54, 1.807) is 12.1 Å². The normalized spacial score (nSPS) is 18.6. The number of carbonyl (C=O) groups is 1. The van der Waals surface area contributed by atoms with Crippen LogP contribution in [-0.4, -0.2) is 33.6 Å². The van der Waals surface area contributed by atoms with Crippen LogP contribution in [0.15, 0.2) is 24.3 Å². The van der Waals surface area contributed by atoms with E-state index in [1.165, 1.54) is 17.0 Å². The summed E-state index contributed by atoms with van der Waals surface area (Å²) in [6.45, 7) is 0.576. The van der Waals surface area contributed by atoms with Crippen molar-refractivity contribution < 1.29 is 14.8 Å². The van der Waals surface area contributed by atoms with Crippen molar-refractivity contribution in [1.29, 1.82) is 0 Å². The first-order valence-corrected chi connectivity index (χ1v) is 5.31. The number of hydrogen-bond donors (Lipinski definition) is 1. The molecule has 1 aliphatic heterocycles. The number of benzene rings is 1. The number of rotatable bonds is 3. The van der Waals surface area contributed by atoms with Gasteiger partial charge in [0.25, 0.3) is 5.69 Å². The lowest BCUT2D eigenvalue weighted by Crippen LogP contribution is -2.51. The smallest absolute Gasteiger partial charge is 0.407 e. The summed E-state index contributed by atoms with van der Waals surface area (Å²) in [5, 5.41) is 19.3. The highest BCUT2D eigenvalue weighted by Crippen LogP contribution is 2.22. The number of non-ortho nitro benzene ring substituents is 1. The number of nitro benzene ring substituents is 1. The van der Waals surface area contributed by atoms with Gasteiger partial charge in [-0.05, 0) is 18.4 Å². The minimum atomic E-state index is -0.900. The number of likely N-dealkylation sites (tertiary alicyclic amines) is 1. The van der Waals surface area contributed by atoms with E-state index in [1.807, 2.05) is 0 Å². The van der Waals surface area contributed by atoms with Gasteiger partial charge in [-0.2, -0.15) is 0 Å². The summed E-state index contributed by atoms with van der Waals surface area (Å²) in [6, 6.07) is 6.25. The lowest BCUT2D eigenvalue weighted by molar-refractivity contribution is -0.384. The van der Waals surface area contributed by atoms with Gasteiger partial charge in [0.2, 0.25) is 0 Å². The molecule has 0 aliphatic carbocycles. The van der Waals surface area contributed by atoms with Crippen LogP contribution < -0.4 is 0 Å². The number of nitrogens with zero attached hydrogens (tertiary/aromatic N) is 2. The lowest BCUT2D eigenvalue weighted by atomic mass is 9.96. The van der Waals surface area contributed by atoms with Gasteiger partial charge in [0.15, 0.2) is 0 Å². The molecule has 0 radical (unpaired) electrons. The van der Waals surface area contributed by atoms with Crippen molar-refractivity contribution in [2.75, 3.05) is 6.54 Å². The Hall–Kier alpha value is -2.11. The molecule has 0 saturated carbocycles. The Morgan fingerprint density at radius 3 is 2.53 bits per heavy atom. The van der Waals surface area contributed by atoms with Gasteiger partial charge in [0.1, 0.15) is 0 Å². The number of carboxylic acid groups (broad SMARTS) is 1. The zero-order chi connectivity index (χ0) is 12.4. The average Bonchev–Trinajstić information content (AvgIpc) is 2.24. The highest BCUT2D eigenvalue weighted by atomic mass is 16.6. The van der Waals surface area contributed by atoms with E-state index in [2.05, 4.69) is 0 Å². The molecule has 1 fully saturated rings. The maximum Gasteiger partial charge on any atom is 0.407 e. The molecule has 1 saturated heterocycles. The molecule has 1 heterocycles. The van der Waals surface area contributed by atoms with Crippen LogP contribution in [0.5, 0.6) is 0 Å². The van der Waals surface area contributed by atoms with Crippen molar-refractivity contribution in [2.45, 2.75) is 18.9 Å². The van der Waals surface area contributed by atoms with Crippen molar-refractivity contribution in [2.24, 2.45) is 0 Å². The monoisotopic (exact) mass is 236 g/mol. The van der Waals surface area contributed by atoms with Crippen LogP contribution in [0.25, 0.3) is 0 Å². The van der Waals surface area contributed by atoms with E-state index in [4.69, 9.17) is 5.11 Å². The number of amides is 1. The Balaban J connectivity index is 2.00. The Labute approximate surface area is 97.6 Å². The fraction of sp³-hybridized carbons (Fsp3) is 0.364. The summed E-state index contributed by atoms with van der Waals surface area (Å²) in [4.78, 5) is 22.2. The van der Waals surface area contributed by atoms with E-state index in [9.17, 15) is 14.9 Å². The first-order valence-electron chi connectivity index (χ1n) is 5.31. The third-order valence-electron chi connectivity index (χ3n) is 3.01. The summed E-state index contributed by atoms with van der Waals surface area (Å²) in [7, 11) is 0. The third-order valence-corrected chi connectivity index (χ3v) is 3.01. The molecule has 0 spiro atoms. The lowest BCUT2D eigenvalue weighted by Gasteiger charge is -2.38. The molecule has 0 unspecified atom stereocenters. The van der Waals surface area contributed by atoms with E-state index in [0.29, 0.717) is 13.0 Å². The van der Waals surface area contributed by atoms with E-state index < -0.39 is 11.0 Å². The topological polar surface area (TPSA) is 83.7 Å². The molecule has 17 heavy (non-hydrogen) atoms. The molecule has 1 aliphatic rings. The van der Waals surface area contributed by atoms with Crippen molar-refractivity contribution in [3.05, 3.63) is 39.9 Å². The molecule has 0 bridgehead atoms. The molecule has 1 atom stereocenters. The van der Waals surface area contributed by atoms with Crippen molar-refractivity contribution in [3.63, 3.8) is 0 Å². The molecule has 1 aromatic carbocycles. The Morgan fingerprint density at radius 1 is 1.47 bits per heavy atom. The summed E-state index contributed by atoms with van der Waals surface area (Å²) in [6.07, 6.45) is 0.566. The largest absolute Gasteiger partial charge is 0.465 e. The summed E-state index contributed by atoms with van der Waals surface area (Å²) >= 11 is 0. The molecular weight excluding hydrogens is 224 g/mol. The molecular formula is C11H12N2O4. The Bertz CT molecular complexity index is 443. The van der Waals surface area contributed by atoms with Gasteiger partial charge in [-0.1, -0.05) is 12.1 Å². The van der Waals surface area contributed by atoms with Gasteiger partial charge in [-0.25, -0.2) is 4.79 Å². The average molecular weight is 236 g/mol. The first kappa shape index (κ1) is 11.4. The minimum absolute atomic E-state index is 0.00829. The van der Waals surface area contributed by atoms with E-state index in [-0.39, 0.29) is 11.7 Å². The van der Waals surface area contributed by atoms with Crippen LogP contribution in [0.3, 0.4) is 0 Å². The van der Waals surface area contributed by atoms with Crippen LogP contribution in [-0.2, 0) is 6.42 Å². The van der Waals surface area contributed by atoms with Gasteiger partial charge in [-0.3, -0.25) is 10.1 Å². The summed E-state index contributed by atoms with van der Waals surface area (Å²) in [5.74, 6) is 0. The van der Waals surface area contributed by atoms with Crippen LogP contribution >= 0.6 is 0 Å². The highest BCUT2D eigenvalue weighted by Gasteiger charge is 2.31. The Kier molecular flexibility index (Phi) is 2.95. The SMILES string of the molecule is O=C(O)N1CC[C@@H]1Cc1ccc([N+](=O)[O-])cc1. The van der Waals surface area contributed by atoms with Gasteiger partial charge in [0.05, 0.1) is 4.92 Å². The van der Waals surface area contributed by atoms with Crippen LogP contribution in [0, 0.1) is 10.1 Å². The predicted octanol–water partition coefficient (Wildman–Crippen LogP) is 1.89. The fourth-order valence-electron chi connectivity index (χ4n) is 1.93. The third kappa shape index (κ3) is 2.35. The van der Waals surface area contributed by atoms with Crippen molar-refractivity contribution in [1.82, 2.24) is 4.90 Å². The first-order chi connectivity index (χ1) is 8.08. The Morgan fingerprint density at radius 2 is 2.12 bits per heavy atom. The molecule has 0 aromatic heterocycles. The van der Waals surface area contributed by atoms with Gasteiger partial charge >= 0.3 is 6.09 Å². The summed E-state index contributed by atoms with van der Waals surface area (Å²) < 4.78 is 0. The van der Waals surface area contributed by atoms with Crippen molar-refractivity contribution >= 4 is 11.8 Å². The quantitative estimate of drug-likeness (QED) is 0.641. The fourth-order valence-corrected chi connectivity index (χ4v) is 1.93. The highest BCUT2D eigenvalue weighted by molar-refractivity contribution is 5.66. The molecule has 2 rings (SSSR count). The van der Waals surface area contributed by atoms with Gasteiger partial charge in [-0.15, -0.1) is 0 Å². The van der Waals surface area contributed by atoms with E-state index in [0.717, 1.165) is 12.0 Å². The van der Waals surface area contributed by atoms with Crippen molar-refractivity contribution in [3.8, 4) is 0 Å². The second-order valence-electron chi connectivity index (χ2n) is 4.05. The van der Waals surface area contributed by atoms with Crippen LogP contribution in [0.1, 0.15) is 12.0 Å².